The van der Waals surface area contributed by atoms with Gasteiger partial charge in [0.1, 0.15) is 0 Å². The summed E-state index contributed by atoms with van der Waals surface area (Å²) < 4.78 is 5.28. The Balaban J connectivity index is 2.00. The fraction of sp³-hybridized carbons (Fsp3) is 0.833. The molecule has 0 bridgehead atoms. The summed E-state index contributed by atoms with van der Waals surface area (Å²) in [6, 6.07) is 0. The molecule has 0 radical (unpaired) electrons. The molecule has 0 atom stereocenters. The molecule has 15 heavy (non-hydrogen) atoms. The predicted octanol–water partition coefficient (Wildman–Crippen LogP) is 0.664. The molecule has 1 heterocycles. The second-order valence-electron chi connectivity index (χ2n) is 4.15. The normalized spacial score (nSPS) is 17.5. The maximum atomic E-state index is 5.28. The lowest BCUT2D eigenvalue weighted by Gasteiger charge is -2.24. The van der Waals surface area contributed by atoms with Crippen LogP contribution in [0.15, 0.2) is 0 Å². The van der Waals surface area contributed by atoms with Gasteiger partial charge in [-0.3, -0.25) is 4.90 Å². The van der Waals surface area contributed by atoms with Gasteiger partial charge in [0.05, 0.1) is 19.8 Å². The van der Waals surface area contributed by atoms with Crippen molar-refractivity contribution >= 4 is 0 Å². The van der Waals surface area contributed by atoms with Crippen LogP contribution in [-0.2, 0) is 4.74 Å². The quantitative estimate of drug-likeness (QED) is 0.501. The SMILES string of the molecule is CN(C)CCCC#CCN1CCOCC1. The number of rotatable bonds is 4. The third-order valence-corrected chi connectivity index (χ3v) is 2.44. The fourth-order valence-corrected chi connectivity index (χ4v) is 1.50. The second-order valence-corrected chi connectivity index (χ2v) is 4.15. The highest BCUT2D eigenvalue weighted by molar-refractivity contribution is 5.01. The molecule has 1 saturated heterocycles. The molecule has 3 nitrogen and oxygen atoms in total. The maximum absolute atomic E-state index is 5.28. The molecular weight excluding hydrogens is 188 g/mol. The first-order chi connectivity index (χ1) is 7.29. The standard InChI is InChI=1S/C12H22N2O/c1-13(2)7-5-3-4-6-8-14-9-11-15-12-10-14/h3,5,7-12H2,1-2H3. The van der Waals surface area contributed by atoms with E-state index in [0.29, 0.717) is 0 Å². The molecule has 1 aliphatic heterocycles. The van der Waals surface area contributed by atoms with Crippen molar-refractivity contribution in [3.8, 4) is 11.8 Å². The summed E-state index contributed by atoms with van der Waals surface area (Å²) in [5.74, 6) is 6.46. The highest BCUT2D eigenvalue weighted by Crippen LogP contribution is 1.95. The number of hydrogen-bond donors (Lipinski definition) is 0. The van der Waals surface area contributed by atoms with Crippen LogP contribution in [0.5, 0.6) is 0 Å². The van der Waals surface area contributed by atoms with Crippen molar-refractivity contribution in [1.82, 2.24) is 9.80 Å². The molecule has 1 aliphatic rings. The Labute approximate surface area is 93.4 Å². The molecule has 0 spiro atoms. The summed E-state index contributed by atoms with van der Waals surface area (Å²) in [6.45, 7) is 5.83. The molecule has 0 aliphatic carbocycles. The van der Waals surface area contributed by atoms with E-state index in [1.54, 1.807) is 0 Å². The third kappa shape index (κ3) is 6.51. The maximum Gasteiger partial charge on any atom is 0.0603 e. The van der Waals surface area contributed by atoms with Crippen LogP contribution in [0.2, 0.25) is 0 Å². The van der Waals surface area contributed by atoms with E-state index in [4.69, 9.17) is 4.74 Å². The highest BCUT2D eigenvalue weighted by Gasteiger charge is 2.07. The van der Waals surface area contributed by atoms with Crippen LogP contribution in [0.3, 0.4) is 0 Å². The molecule has 0 N–H and O–H groups in total. The van der Waals surface area contributed by atoms with Crippen LogP contribution in [0, 0.1) is 11.8 Å². The van der Waals surface area contributed by atoms with E-state index >= 15 is 0 Å². The van der Waals surface area contributed by atoms with Gasteiger partial charge >= 0.3 is 0 Å². The van der Waals surface area contributed by atoms with Crippen molar-refractivity contribution in [2.45, 2.75) is 12.8 Å². The Morgan fingerprint density at radius 3 is 2.60 bits per heavy atom. The van der Waals surface area contributed by atoms with E-state index in [0.717, 1.165) is 45.8 Å². The van der Waals surface area contributed by atoms with Crippen molar-refractivity contribution in [2.24, 2.45) is 0 Å². The van der Waals surface area contributed by atoms with Crippen LogP contribution in [0.25, 0.3) is 0 Å². The Morgan fingerprint density at radius 1 is 1.20 bits per heavy atom. The molecule has 0 aromatic carbocycles. The zero-order valence-corrected chi connectivity index (χ0v) is 9.96. The van der Waals surface area contributed by atoms with Crippen LogP contribution in [0.1, 0.15) is 12.8 Å². The van der Waals surface area contributed by atoms with E-state index in [1.807, 2.05) is 0 Å². The second kappa shape index (κ2) is 7.70. The number of ether oxygens (including phenoxy) is 1. The third-order valence-electron chi connectivity index (χ3n) is 2.44. The Morgan fingerprint density at radius 2 is 1.93 bits per heavy atom. The lowest BCUT2D eigenvalue weighted by Crippen LogP contribution is -2.36. The van der Waals surface area contributed by atoms with Crippen molar-refractivity contribution in [3.63, 3.8) is 0 Å². The van der Waals surface area contributed by atoms with Gasteiger partial charge in [0.15, 0.2) is 0 Å². The van der Waals surface area contributed by atoms with Gasteiger partial charge in [-0.05, 0) is 27.1 Å². The molecule has 1 fully saturated rings. The number of nitrogens with zero attached hydrogens (tertiary/aromatic N) is 2. The molecule has 0 aromatic rings. The number of morpholine rings is 1. The van der Waals surface area contributed by atoms with Gasteiger partial charge in [-0.15, -0.1) is 5.92 Å². The van der Waals surface area contributed by atoms with Crippen LogP contribution in [-0.4, -0.2) is 63.3 Å². The minimum Gasteiger partial charge on any atom is -0.379 e. The molecular formula is C12H22N2O. The predicted molar refractivity (Wildman–Crippen MR) is 62.8 cm³/mol. The summed E-state index contributed by atoms with van der Waals surface area (Å²) in [5.41, 5.74) is 0. The first-order valence-corrected chi connectivity index (χ1v) is 5.69. The Kier molecular flexibility index (Phi) is 6.42. The molecule has 0 amide bonds. The first kappa shape index (κ1) is 12.5. The number of unbranched alkanes of at least 4 members (excludes halogenated alkanes) is 1. The van der Waals surface area contributed by atoms with Crippen molar-refractivity contribution in [2.75, 3.05) is 53.5 Å². The van der Waals surface area contributed by atoms with Gasteiger partial charge < -0.3 is 9.64 Å². The largest absolute Gasteiger partial charge is 0.379 e. The van der Waals surface area contributed by atoms with Gasteiger partial charge in [0.2, 0.25) is 0 Å². The zero-order valence-electron chi connectivity index (χ0n) is 9.96. The monoisotopic (exact) mass is 210 g/mol. The zero-order chi connectivity index (χ0) is 10.9. The summed E-state index contributed by atoms with van der Waals surface area (Å²) in [6.07, 6.45) is 2.19. The smallest absolute Gasteiger partial charge is 0.0603 e. The summed E-state index contributed by atoms with van der Waals surface area (Å²) >= 11 is 0. The summed E-state index contributed by atoms with van der Waals surface area (Å²) in [7, 11) is 4.20. The molecule has 0 saturated carbocycles. The van der Waals surface area contributed by atoms with Crippen LogP contribution < -0.4 is 0 Å². The molecule has 0 aromatic heterocycles. The lowest BCUT2D eigenvalue weighted by molar-refractivity contribution is 0.0443. The van der Waals surface area contributed by atoms with E-state index in [2.05, 4.69) is 35.7 Å². The first-order valence-electron chi connectivity index (χ1n) is 5.69. The van der Waals surface area contributed by atoms with E-state index in [-0.39, 0.29) is 0 Å². The van der Waals surface area contributed by atoms with E-state index in [9.17, 15) is 0 Å². The van der Waals surface area contributed by atoms with Crippen molar-refractivity contribution in [3.05, 3.63) is 0 Å². The molecule has 3 heteroatoms. The van der Waals surface area contributed by atoms with Gasteiger partial charge in [-0.1, -0.05) is 5.92 Å². The molecule has 1 rings (SSSR count). The minimum absolute atomic E-state index is 0.863. The lowest BCUT2D eigenvalue weighted by atomic mass is 10.3. The number of hydrogen-bond acceptors (Lipinski definition) is 3. The fourth-order valence-electron chi connectivity index (χ4n) is 1.50. The van der Waals surface area contributed by atoms with Crippen molar-refractivity contribution < 1.29 is 4.74 Å². The molecule has 86 valence electrons. The van der Waals surface area contributed by atoms with E-state index < -0.39 is 0 Å². The Bertz CT molecular complexity index is 211. The van der Waals surface area contributed by atoms with Gasteiger partial charge in [-0.25, -0.2) is 0 Å². The summed E-state index contributed by atoms with van der Waals surface area (Å²) in [4.78, 5) is 4.55. The van der Waals surface area contributed by atoms with Gasteiger partial charge in [0, 0.05) is 19.5 Å². The topological polar surface area (TPSA) is 15.7 Å². The summed E-state index contributed by atoms with van der Waals surface area (Å²) in [5, 5.41) is 0. The average molecular weight is 210 g/mol. The van der Waals surface area contributed by atoms with Gasteiger partial charge in [0.25, 0.3) is 0 Å². The van der Waals surface area contributed by atoms with Crippen LogP contribution >= 0.6 is 0 Å². The van der Waals surface area contributed by atoms with Crippen molar-refractivity contribution in [1.29, 1.82) is 0 Å². The molecule has 0 unspecified atom stereocenters. The van der Waals surface area contributed by atoms with Gasteiger partial charge in [-0.2, -0.15) is 0 Å². The van der Waals surface area contributed by atoms with Crippen LogP contribution in [0.4, 0.5) is 0 Å². The average Bonchev–Trinajstić information content (AvgIpc) is 2.24. The van der Waals surface area contributed by atoms with E-state index in [1.165, 1.54) is 6.42 Å². The Hall–Kier alpha value is -0.560. The highest BCUT2D eigenvalue weighted by atomic mass is 16.5. The minimum atomic E-state index is 0.863.